The van der Waals surface area contributed by atoms with Crippen LogP contribution in [0.15, 0.2) is 42.5 Å². The highest BCUT2D eigenvalue weighted by Gasteiger charge is 2.34. The Morgan fingerprint density at radius 2 is 1.96 bits per heavy atom. The summed E-state index contributed by atoms with van der Waals surface area (Å²) < 4.78 is 49.5. The number of nitrogens with zero attached hydrogens (tertiary/aromatic N) is 1. The highest BCUT2D eigenvalue weighted by atomic mass is 32.2. The summed E-state index contributed by atoms with van der Waals surface area (Å²) in [5.41, 5.74) is 0.164. The molecule has 28 heavy (non-hydrogen) atoms. The molecule has 1 N–H and O–H groups in total. The van der Waals surface area contributed by atoms with Gasteiger partial charge in [-0.1, -0.05) is 12.1 Å². The van der Waals surface area contributed by atoms with Crippen LogP contribution < -0.4 is 14.8 Å². The Kier molecular flexibility index (Phi) is 5.93. The van der Waals surface area contributed by atoms with E-state index in [1.807, 2.05) is 0 Å². The predicted molar refractivity (Wildman–Crippen MR) is 102 cm³/mol. The normalized spacial score (nSPS) is 16.8. The molecule has 150 valence electrons. The van der Waals surface area contributed by atoms with Gasteiger partial charge < -0.3 is 19.7 Å². The Balaban J connectivity index is 1.81. The van der Waals surface area contributed by atoms with Crippen molar-refractivity contribution in [1.82, 2.24) is 4.90 Å². The van der Waals surface area contributed by atoms with Gasteiger partial charge in [0.25, 0.3) is 0 Å². The zero-order valence-corrected chi connectivity index (χ0v) is 16.1. The van der Waals surface area contributed by atoms with Crippen LogP contribution in [0.4, 0.5) is 23.7 Å². The van der Waals surface area contributed by atoms with Gasteiger partial charge in [-0.05, 0) is 29.8 Å². The van der Waals surface area contributed by atoms with E-state index in [9.17, 15) is 18.0 Å². The molecular formula is C19H19F3N2O3S. The van der Waals surface area contributed by atoms with Crippen LogP contribution in [0.2, 0.25) is 0 Å². The van der Waals surface area contributed by atoms with Crippen LogP contribution in [0.25, 0.3) is 0 Å². The fourth-order valence-electron chi connectivity index (χ4n) is 2.91. The first-order chi connectivity index (χ1) is 13.3. The number of ether oxygens (including phenoxy) is 2. The van der Waals surface area contributed by atoms with Crippen LogP contribution in [0.3, 0.4) is 0 Å². The fourth-order valence-corrected chi connectivity index (χ4v) is 4.16. The van der Waals surface area contributed by atoms with Gasteiger partial charge in [-0.25, -0.2) is 4.79 Å². The van der Waals surface area contributed by atoms with Crippen molar-refractivity contribution in [3.05, 3.63) is 53.6 Å². The number of carbonyl (C=O) groups is 1. The lowest BCUT2D eigenvalue weighted by molar-refractivity contribution is -0.137. The summed E-state index contributed by atoms with van der Waals surface area (Å²) in [7, 11) is 3.00. The van der Waals surface area contributed by atoms with Crippen molar-refractivity contribution < 1.29 is 27.4 Å². The molecule has 0 spiro atoms. The highest BCUT2D eigenvalue weighted by molar-refractivity contribution is 7.99. The molecule has 0 saturated carbocycles. The summed E-state index contributed by atoms with van der Waals surface area (Å²) in [5, 5.41) is 2.28. The first-order valence-corrected chi connectivity index (χ1v) is 9.47. The van der Waals surface area contributed by atoms with Crippen molar-refractivity contribution in [2.24, 2.45) is 0 Å². The monoisotopic (exact) mass is 412 g/mol. The van der Waals surface area contributed by atoms with Gasteiger partial charge in [0.1, 0.15) is 16.9 Å². The van der Waals surface area contributed by atoms with E-state index in [2.05, 4.69) is 5.32 Å². The first kappa shape index (κ1) is 20.2. The van der Waals surface area contributed by atoms with E-state index in [0.29, 0.717) is 35.0 Å². The largest absolute Gasteiger partial charge is 0.497 e. The Labute approximate surface area is 164 Å². The number of hydrogen-bond acceptors (Lipinski definition) is 4. The number of halogens is 3. The number of amides is 2. The van der Waals surface area contributed by atoms with Gasteiger partial charge in [0.2, 0.25) is 0 Å². The topological polar surface area (TPSA) is 50.8 Å². The summed E-state index contributed by atoms with van der Waals surface area (Å²) in [6.07, 6.45) is -4.43. The van der Waals surface area contributed by atoms with E-state index in [-0.39, 0.29) is 0 Å². The van der Waals surface area contributed by atoms with E-state index in [1.165, 1.54) is 36.9 Å². The van der Waals surface area contributed by atoms with Crippen molar-refractivity contribution in [2.75, 3.05) is 31.8 Å². The van der Waals surface area contributed by atoms with Crippen LogP contribution >= 0.6 is 11.8 Å². The molecule has 2 aromatic rings. The number of rotatable bonds is 4. The van der Waals surface area contributed by atoms with Gasteiger partial charge in [-0.3, -0.25) is 0 Å². The number of benzene rings is 2. The van der Waals surface area contributed by atoms with Gasteiger partial charge in [-0.2, -0.15) is 13.2 Å². The number of methoxy groups -OCH3 is 2. The summed E-state index contributed by atoms with van der Waals surface area (Å²) in [6.45, 7) is 0.426. The van der Waals surface area contributed by atoms with Gasteiger partial charge in [0.05, 0.1) is 25.5 Å². The minimum atomic E-state index is -4.43. The minimum absolute atomic E-state index is 0.407. The summed E-state index contributed by atoms with van der Waals surface area (Å²) in [5.74, 6) is 1.64. The first-order valence-electron chi connectivity index (χ1n) is 8.42. The highest BCUT2D eigenvalue weighted by Crippen LogP contribution is 2.40. The average Bonchev–Trinajstić information content (AvgIpc) is 3.17. The number of urea groups is 1. The molecule has 1 fully saturated rings. The lowest BCUT2D eigenvalue weighted by Crippen LogP contribution is -2.34. The second-order valence-corrected chi connectivity index (χ2v) is 7.22. The lowest BCUT2D eigenvalue weighted by Gasteiger charge is -2.25. The molecule has 0 aromatic heterocycles. The Hall–Kier alpha value is -2.55. The molecule has 5 nitrogen and oxygen atoms in total. The molecule has 1 atom stereocenters. The van der Waals surface area contributed by atoms with E-state index in [1.54, 1.807) is 24.3 Å². The smallest absolute Gasteiger partial charge is 0.416 e. The van der Waals surface area contributed by atoms with Crippen LogP contribution in [-0.2, 0) is 6.18 Å². The third kappa shape index (κ3) is 4.30. The van der Waals surface area contributed by atoms with Crippen molar-refractivity contribution in [1.29, 1.82) is 0 Å². The maximum absolute atomic E-state index is 13.0. The predicted octanol–water partition coefficient (Wildman–Crippen LogP) is 5.00. The van der Waals surface area contributed by atoms with Gasteiger partial charge >= 0.3 is 12.2 Å². The zero-order valence-electron chi connectivity index (χ0n) is 15.2. The lowest BCUT2D eigenvalue weighted by atomic mass is 10.1. The molecule has 1 aliphatic rings. The number of anilines is 1. The van der Waals surface area contributed by atoms with Crippen molar-refractivity contribution >= 4 is 23.5 Å². The molecule has 3 rings (SSSR count). The molecule has 0 aliphatic carbocycles. The van der Waals surface area contributed by atoms with Gasteiger partial charge in [0.15, 0.2) is 0 Å². The second-order valence-electron chi connectivity index (χ2n) is 6.04. The Morgan fingerprint density at radius 3 is 2.64 bits per heavy atom. The van der Waals surface area contributed by atoms with Gasteiger partial charge in [-0.15, -0.1) is 11.8 Å². The number of alkyl halides is 3. The molecule has 1 aliphatic heterocycles. The maximum atomic E-state index is 13.0. The number of thioether (sulfide) groups is 1. The van der Waals surface area contributed by atoms with E-state index in [0.717, 1.165) is 12.1 Å². The SMILES string of the molecule is COc1ccc(NC(=O)N2CCSC2c2cccc(C(F)(F)F)c2)c(OC)c1. The van der Waals surface area contributed by atoms with Crippen LogP contribution in [-0.4, -0.2) is 37.4 Å². The van der Waals surface area contributed by atoms with Crippen LogP contribution in [0.1, 0.15) is 16.5 Å². The molecule has 9 heteroatoms. The Morgan fingerprint density at radius 1 is 1.18 bits per heavy atom. The number of hydrogen-bond donors (Lipinski definition) is 1. The van der Waals surface area contributed by atoms with Gasteiger partial charge in [0, 0.05) is 18.4 Å². The van der Waals surface area contributed by atoms with Crippen molar-refractivity contribution in [3.63, 3.8) is 0 Å². The molecular weight excluding hydrogens is 393 g/mol. The van der Waals surface area contributed by atoms with E-state index < -0.39 is 23.1 Å². The zero-order chi connectivity index (χ0) is 20.3. The molecule has 0 bridgehead atoms. The standard InChI is InChI=1S/C19H19F3N2O3S/c1-26-14-6-7-15(16(11-14)27-2)23-18(25)24-8-9-28-17(24)12-4-3-5-13(10-12)19(20,21)22/h3-7,10-11,17H,8-9H2,1-2H3,(H,23,25). The average molecular weight is 412 g/mol. The van der Waals surface area contributed by atoms with Crippen LogP contribution in [0.5, 0.6) is 11.5 Å². The molecule has 0 radical (unpaired) electrons. The van der Waals surface area contributed by atoms with Crippen molar-refractivity contribution in [3.8, 4) is 11.5 Å². The van der Waals surface area contributed by atoms with E-state index in [4.69, 9.17) is 9.47 Å². The summed E-state index contributed by atoms with van der Waals surface area (Å²) in [6, 6.07) is 9.65. The number of carbonyl (C=O) groups excluding carboxylic acids is 1. The van der Waals surface area contributed by atoms with Crippen LogP contribution in [0, 0.1) is 0 Å². The molecule has 1 unspecified atom stereocenters. The van der Waals surface area contributed by atoms with Crippen molar-refractivity contribution in [2.45, 2.75) is 11.6 Å². The maximum Gasteiger partial charge on any atom is 0.416 e. The van der Waals surface area contributed by atoms with E-state index >= 15 is 0 Å². The fraction of sp³-hybridized carbons (Fsp3) is 0.316. The quantitative estimate of drug-likeness (QED) is 0.768. The second kappa shape index (κ2) is 8.22. The molecule has 2 amide bonds. The molecule has 1 saturated heterocycles. The summed E-state index contributed by atoms with van der Waals surface area (Å²) >= 11 is 1.42. The Bertz CT molecular complexity index is 861. The molecule has 1 heterocycles. The third-order valence-electron chi connectivity index (χ3n) is 4.30. The summed E-state index contributed by atoms with van der Waals surface area (Å²) in [4.78, 5) is 14.3. The number of nitrogens with one attached hydrogen (secondary N) is 1. The molecule has 2 aromatic carbocycles. The third-order valence-corrected chi connectivity index (χ3v) is 5.56. The minimum Gasteiger partial charge on any atom is -0.497 e.